The minimum Gasteiger partial charge on any atom is -0.374 e. The van der Waals surface area contributed by atoms with Gasteiger partial charge in [0.05, 0.1) is 0 Å². The van der Waals surface area contributed by atoms with Gasteiger partial charge in [-0.05, 0) is 33.0 Å². The highest BCUT2D eigenvalue weighted by molar-refractivity contribution is 5.46. The molecule has 4 N–H and O–H groups in total. The van der Waals surface area contributed by atoms with Gasteiger partial charge in [0.15, 0.2) is 5.82 Å². The van der Waals surface area contributed by atoms with E-state index in [0.29, 0.717) is 24.9 Å². The fourth-order valence-corrected chi connectivity index (χ4v) is 1.98. The molecular formula is C14H28N6O. The van der Waals surface area contributed by atoms with Gasteiger partial charge in [-0.1, -0.05) is 13.8 Å². The van der Waals surface area contributed by atoms with Crippen molar-refractivity contribution in [1.82, 2.24) is 14.9 Å². The maximum Gasteiger partial charge on any atom is 0.158 e. The SMILES string of the molecule is CCOCc1nc(NN)cc(NCCCN(CC)CC)n1. The third-order valence-electron chi connectivity index (χ3n) is 3.21. The van der Waals surface area contributed by atoms with Crippen LogP contribution in [0.3, 0.4) is 0 Å². The van der Waals surface area contributed by atoms with E-state index in [1.165, 1.54) is 0 Å². The molecule has 7 nitrogen and oxygen atoms in total. The largest absolute Gasteiger partial charge is 0.374 e. The number of rotatable bonds is 11. The van der Waals surface area contributed by atoms with Gasteiger partial charge < -0.3 is 20.4 Å². The number of anilines is 2. The van der Waals surface area contributed by atoms with Crippen LogP contribution in [0, 0.1) is 0 Å². The van der Waals surface area contributed by atoms with E-state index in [0.717, 1.165) is 38.4 Å². The number of nitrogens with two attached hydrogens (primary N) is 1. The molecule has 1 aromatic rings. The van der Waals surface area contributed by atoms with Crippen LogP contribution in [0.4, 0.5) is 11.6 Å². The molecule has 0 spiro atoms. The third-order valence-corrected chi connectivity index (χ3v) is 3.21. The zero-order valence-corrected chi connectivity index (χ0v) is 13.4. The van der Waals surface area contributed by atoms with Crippen LogP contribution in [-0.4, -0.2) is 47.7 Å². The van der Waals surface area contributed by atoms with Crippen molar-refractivity contribution >= 4 is 11.6 Å². The topological polar surface area (TPSA) is 88.3 Å². The van der Waals surface area contributed by atoms with Gasteiger partial charge in [-0.15, -0.1) is 0 Å². The zero-order chi connectivity index (χ0) is 15.5. The molecule has 1 aromatic heterocycles. The van der Waals surface area contributed by atoms with E-state index in [9.17, 15) is 0 Å². The summed E-state index contributed by atoms with van der Waals surface area (Å²) >= 11 is 0. The Morgan fingerprint density at radius 1 is 1.19 bits per heavy atom. The summed E-state index contributed by atoms with van der Waals surface area (Å²) in [4.78, 5) is 11.1. The van der Waals surface area contributed by atoms with Crippen LogP contribution in [0.15, 0.2) is 6.07 Å². The van der Waals surface area contributed by atoms with E-state index in [1.54, 1.807) is 6.07 Å². The fraction of sp³-hybridized carbons (Fsp3) is 0.714. The molecule has 1 heterocycles. The Bertz CT molecular complexity index is 397. The first-order chi connectivity index (χ1) is 10.2. The summed E-state index contributed by atoms with van der Waals surface area (Å²) in [5.74, 6) is 7.41. The second-order valence-electron chi connectivity index (χ2n) is 4.64. The lowest BCUT2D eigenvalue weighted by atomic mass is 10.3. The number of aromatic nitrogens is 2. The summed E-state index contributed by atoms with van der Waals surface area (Å²) in [7, 11) is 0. The zero-order valence-electron chi connectivity index (χ0n) is 13.4. The van der Waals surface area contributed by atoms with Crippen LogP contribution in [0.1, 0.15) is 33.0 Å². The standard InChI is InChI=1S/C14H28N6O/c1-4-20(5-2)9-7-8-16-12-10-13(19-15)18-14(17-12)11-21-6-3/h10H,4-9,11,15H2,1-3H3,(H2,16,17,18,19). The van der Waals surface area contributed by atoms with Crippen molar-refractivity contribution in [3.05, 3.63) is 11.9 Å². The van der Waals surface area contributed by atoms with Gasteiger partial charge in [0.2, 0.25) is 0 Å². The molecule has 0 aromatic carbocycles. The molecular weight excluding hydrogens is 268 g/mol. The van der Waals surface area contributed by atoms with E-state index >= 15 is 0 Å². The first-order valence-corrected chi connectivity index (χ1v) is 7.61. The first-order valence-electron chi connectivity index (χ1n) is 7.61. The molecule has 120 valence electrons. The Morgan fingerprint density at radius 2 is 1.90 bits per heavy atom. The summed E-state index contributed by atoms with van der Waals surface area (Å²) in [6, 6.07) is 1.80. The molecule has 0 aliphatic heterocycles. The summed E-state index contributed by atoms with van der Waals surface area (Å²) in [6.45, 7) is 11.5. The predicted octanol–water partition coefficient (Wildman–Crippen LogP) is 1.44. The van der Waals surface area contributed by atoms with Crippen LogP contribution >= 0.6 is 0 Å². The molecule has 0 saturated heterocycles. The molecule has 0 saturated carbocycles. The molecule has 0 atom stereocenters. The van der Waals surface area contributed by atoms with E-state index in [-0.39, 0.29) is 0 Å². The van der Waals surface area contributed by atoms with Crippen LogP contribution < -0.4 is 16.6 Å². The van der Waals surface area contributed by atoms with Crippen LogP contribution in [0.2, 0.25) is 0 Å². The van der Waals surface area contributed by atoms with Gasteiger partial charge in [0.1, 0.15) is 18.2 Å². The Hall–Kier alpha value is -1.44. The van der Waals surface area contributed by atoms with Gasteiger partial charge in [0.25, 0.3) is 0 Å². The van der Waals surface area contributed by atoms with E-state index in [2.05, 4.69) is 39.5 Å². The van der Waals surface area contributed by atoms with Crippen molar-refractivity contribution in [3.63, 3.8) is 0 Å². The summed E-state index contributed by atoms with van der Waals surface area (Å²) in [5.41, 5.74) is 2.56. The fourth-order valence-electron chi connectivity index (χ4n) is 1.98. The van der Waals surface area contributed by atoms with E-state index < -0.39 is 0 Å². The van der Waals surface area contributed by atoms with Crippen molar-refractivity contribution in [2.45, 2.75) is 33.8 Å². The van der Waals surface area contributed by atoms with Crippen molar-refractivity contribution in [1.29, 1.82) is 0 Å². The Balaban J connectivity index is 2.49. The minimum atomic E-state index is 0.389. The van der Waals surface area contributed by atoms with Gasteiger partial charge in [-0.3, -0.25) is 0 Å². The lowest BCUT2D eigenvalue weighted by Crippen LogP contribution is -2.25. The van der Waals surface area contributed by atoms with Gasteiger partial charge in [0, 0.05) is 19.2 Å². The average molecular weight is 296 g/mol. The molecule has 21 heavy (non-hydrogen) atoms. The lowest BCUT2D eigenvalue weighted by molar-refractivity contribution is 0.128. The maximum atomic E-state index is 5.43. The normalized spacial score (nSPS) is 10.9. The van der Waals surface area contributed by atoms with Crippen LogP contribution in [-0.2, 0) is 11.3 Å². The minimum absolute atomic E-state index is 0.389. The lowest BCUT2D eigenvalue weighted by Gasteiger charge is -2.18. The molecule has 0 radical (unpaired) electrons. The van der Waals surface area contributed by atoms with Crippen LogP contribution in [0.5, 0.6) is 0 Å². The third kappa shape index (κ3) is 6.70. The van der Waals surface area contributed by atoms with Crippen molar-refractivity contribution in [2.24, 2.45) is 5.84 Å². The molecule has 0 unspecified atom stereocenters. The highest BCUT2D eigenvalue weighted by atomic mass is 16.5. The molecule has 0 bridgehead atoms. The maximum absolute atomic E-state index is 5.43. The number of hydrazine groups is 1. The second-order valence-corrected chi connectivity index (χ2v) is 4.64. The monoisotopic (exact) mass is 296 g/mol. The number of ether oxygens (including phenoxy) is 1. The number of hydrogen-bond donors (Lipinski definition) is 3. The summed E-state index contributed by atoms with van der Waals surface area (Å²) < 4.78 is 5.33. The first kappa shape index (κ1) is 17.6. The van der Waals surface area contributed by atoms with E-state index in [4.69, 9.17) is 10.6 Å². The molecule has 0 fully saturated rings. The van der Waals surface area contributed by atoms with Crippen molar-refractivity contribution < 1.29 is 4.74 Å². The van der Waals surface area contributed by atoms with Crippen molar-refractivity contribution in [2.75, 3.05) is 43.5 Å². The quantitative estimate of drug-likeness (QED) is 0.323. The molecule has 1 rings (SSSR count). The Morgan fingerprint density at radius 3 is 2.52 bits per heavy atom. The second kappa shape index (κ2) is 10.3. The number of hydrogen-bond acceptors (Lipinski definition) is 7. The van der Waals surface area contributed by atoms with Gasteiger partial charge in [-0.25, -0.2) is 15.8 Å². The molecule has 7 heteroatoms. The number of nitrogen functional groups attached to an aromatic ring is 1. The van der Waals surface area contributed by atoms with Gasteiger partial charge in [-0.2, -0.15) is 0 Å². The smallest absolute Gasteiger partial charge is 0.158 e. The molecule has 0 amide bonds. The van der Waals surface area contributed by atoms with Gasteiger partial charge >= 0.3 is 0 Å². The number of nitrogens with one attached hydrogen (secondary N) is 2. The van der Waals surface area contributed by atoms with Crippen LogP contribution in [0.25, 0.3) is 0 Å². The molecule has 0 aliphatic carbocycles. The highest BCUT2D eigenvalue weighted by Crippen LogP contribution is 2.11. The Kier molecular flexibility index (Phi) is 8.65. The predicted molar refractivity (Wildman–Crippen MR) is 86.1 cm³/mol. The number of nitrogens with zero attached hydrogens (tertiary/aromatic N) is 3. The average Bonchev–Trinajstić information content (AvgIpc) is 2.52. The van der Waals surface area contributed by atoms with E-state index in [1.807, 2.05) is 6.92 Å². The summed E-state index contributed by atoms with van der Waals surface area (Å²) in [5, 5.41) is 3.31. The molecule has 0 aliphatic rings. The summed E-state index contributed by atoms with van der Waals surface area (Å²) in [6.07, 6.45) is 1.07. The van der Waals surface area contributed by atoms with Crippen molar-refractivity contribution in [3.8, 4) is 0 Å². The Labute approximate surface area is 127 Å². The highest BCUT2D eigenvalue weighted by Gasteiger charge is 2.04.